The third-order valence-electron chi connectivity index (χ3n) is 2.87. The fourth-order valence-electron chi connectivity index (χ4n) is 1.81. The van der Waals surface area contributed by atoms with E-state index in [0.29, 0.717) is 25.9 Å². The van der Waals surface area contributed by atoms with Crippen molar-refractivity contribution in [3.8, 4) is 0 Å². The molecule has 7 heteroatoms. The Morgan fingerprint density at radius 1 is 1.47 bits per heavy atom. The number of nitrogens with zero attached hydrogens (tertiary/aromatic N) is 1. The van der Waals surface area contributed by atoms with Gasteiger partial charge < -0.3 is 4.90 Å². The summed E-state index contributed by atoms with van der Waals surface area (Å²) < 4.78 is 25.4. The summed E-state index contributed by atoms with van der Waals surface area (Å²) in [6.07, 6.45) is 1.29. The van der Waals surface area contributed by atoms with Gasteiger partial charge in [-0.05, 0) is 26.7 Å². The molecule has 1 rings (SSSR count). The number of nitrogens with one attached hydrogen (secondary N) is 1. The lowest BCUT2D eigenvalue weighted by Crippen LogP contribution is -2.48. The Bertz CT molecular complexity index is 362. The molecule has 0 radical (unpaired) electrons. The topological polar surface area (TPSA) is 66.5 Å². The van der Waals surface area contributed by atoms with Crippen molar-refractivity contribution in [3.63, 3.8) is 0 Å². The summed E-state index contributed by atoms with van der Waals surface area (Å²) in [5, 5.41) is -0.515. The SMILES string of the molecule is CCS(=O)(=O)NC1CCN(C(=O)C(C)Cl)CC1. The minimum Gasteiger partial charge on any atom is -0.341 e. The fourth-order valence-corrected chi connectivity index (χ4v) is 2.85. The van der Waals surface area contributed by atoms with Crippen LogP contribution in [0.5, 0.6) is 0 Å². The van der Waals surface area contributed by atoms with Gasteiger partial charge in [0.25, 0.3) is 0 Å². The van der Waals surface area contributed by atoms with E-state index >= 15 is 0 Å². The van der Waals surface area contributed by atoms with Crippen LogP contribution in [0.2, 0.25) is 0 Å². The molecule has 0 aromatic carbocycles. The first-order chi connectivity index (χ1) is 7.85. The number of carbonyl (C=O) groups is 1. The maximum Gasteiger partial charge on any atom is 0.240 e. The molecular formula is C10H19ClN2O3S. The van der Waals surface area contributed by atoms with E-state index in [4.69, 9.17) is 11.6 Å². The summed E-state index contributed by atoms with van der Waals surface area (Å²) >= 11 is 5.72. The number of hydrogen-bond donors (Lipinski definition) is 1. The molecular weight excluding hydrogens is 264 g/mol. The quantitative estimate of drug-likeness (QED) is 0.766. The molecule has 1 N–H and O–H groups in total. The molecule has 0 spiro atoms. The minimum absolute atomic E-state index is 0.0605. The van der Waals surface area contributed by atoms with Crippen LogP contribution in [0.3, 0.4) is 0 Å². The number of likely N-dealkylation sites (tertiary alicyclic amines) is 1. The summed E-state index contributed by atoms with van der Waals surface area (Å²) in [5.74, 6) is 0.00803. The molecule has 1 fully saturated rings. The number of carbonyl (C=O) groups excluding carboxylic acids is 1. The van der Waals surface area contributed by atoms with Crippen molar-refractivity contribution >= 4 is 27.5 Å². The molecule has 5 nitrogen and oxygen atoms in total. The molecule has 0 aliphatic carbocycles. The Kier molecular flexibility index (Phi) is 5.22. The lowest BCUT2D eigenvalue weighted by atomic mass is 10.1. The first kappa shape index (κ1) is 14.7. The Morgan fingerprint density at radius 2 is 2.00 bits per heavy atom. The molecule has 1 heterocycles. The van der Waals surface area contributed by atoms with Gasteiger partial charge in [0.15, 0.2) is 0 Å². The minimum atomic E-state index is -3.15. The number of halogens is 1. The van der Waals surface area contributed by atoms with E-state index in [0.717, 1.165) is 0 Å². The number of hydrogen-bond acceptors (Lipinski definition) is 3. The predicted molar refractivity (Wildman–Crippen MR) is 67.5 cm³/mol. The van der Waals surface area contributed by atoms with Crippen LogP contribution in [0.25, 0.3) is 0 Å². The van der Waals surface area contributed by atoms with Crippen molar-refractivity contribution in [1.29, 1.82) is 0 Å². The summed E-state index contributed by atoms with van der Waals surface area (Å²) in [7, 11) is -3.15. The average molecular weight is 283 g/mol. The van der Waals surface area contributed by atoms with Crippen molar-refractivity contribution in [3.05, 3.63) is 0 Å². The van der Waals surface area contributed by atoms with Gasteiger partial charge in [-0.25, -0.2) is 13.1 Å². The number of rotatable bonds is 4. The lowest BCUT2D eigenvalue weighted by Gasteiger charge is -2.32. The van der Waals surface area contributed by atoms with Crippen molar-refractivity contribution < 1.29 is 13.2 Å². The molecule has 1 aliphatic rings. The van der Waals surface area contributed by atoms with Crippen LogP contribution in [0.4, 0.5) is 0 Å². The highest BCUT2D eigenvalue weighted by Gasteiger charge is 2.26. The molecule has 1 atom stereocenters. The number of alkyl halides is 1. The van der Waals surface area contributed by atoms with Gasteiger partial charge in [-0.2, -0.15) is 0 Å². The Labute approximate surface area is 108 Å². The Balaban J connectivity index is 2.44. The maximum absolute atomic E-state index is 11.6. The van der Waals surface area contributed by atoms with E-state index in [9.17, 15) is 13.2 Å². The first-order valence-corrected chi connectivity index (χ1v) is 7.87. The van der Waals surface area contributed by atoms with Crippen molar-refractivity contribution in [2.75, 3.05) is 18.8 Å². The van der Waals surface area contributed by atoms with E-state index in [1.54, 1.807) is 18.7 Å². The van der Waals surface area contributed by atoms with Gasteiger partial charge in [-0.1, -0.05) is 0 Å². The smallest absolute Gasteiger partial charge is 0.240 e. The normalized spacial score (nSPS) is 20.3. The standard InChI is InChI=1S/C10H19ClN2O3S/c1-3-17(15,16)12-9-4-6-13(7-5-9)10(14)8(2)11/h8-9,12H,3-7H2,1-2H3. The second-order valence-electron chi connectivity index (χ2n) is 4.24. The third-order valence-corrected chi connectivity index (χ3v) is 4.51. The summed E-state index contributed by atoms with van der Waals surface area (Å²) in [5.41, 5.74) is 0. The Morgan fingerprint density at radius 3 is 2.41 bits per heavy atom. The highest BCUT2D eigenvalue weighted by Crippen LogP contribution is 2.13. The molecule has 1 unspecified atom stereocenters. The lowest BCUT2D eigenvalue weighted by molar-refractivity contribution is -0.131. The highest BCUT2D eigenvalue weighted by molar-refractivity contribution is 7.89. The number of piperidine rings is 1. The van der Waals surface area contributed by atoms with Crippen LogP contribution in [0.15, 0.2) is 0 Å². The largest absolute Gasteiger partial charge is 0.341 e. The molecule has 17 heavy (non-hydrogen) atoms. The van der Waals surface area contributed by atoms with Crippen molar-refractivity contribution in [2.45, 2.75) is 38.1 Å². The van der Waals surface area contributed by atoms with Gasteiger partial charge in [0.05, 0.1) is 5.75 Å². The predicted octanol–water partition coefficient (Wildman–Crippen LogP) is 0.544. The van der Waals surface area contributed by atoms with Crippen LogP contribution < -0.4 is 4.72 Å². The zero-order chi connectivity index (χ0) is 13.1. The van der Waals surface area contributed by atoms with Gasteiger partial charge >= 0.3 is 0 Å². The van der Waals surface area contributed by atoms with Gasteiger partial charge in [0, 0.05) is 19.1 Å². The summed E-state index contributed by atoms with van der Waals surface area (Å²) in [6, 6.07) is -0.0605. The number of sulfonamides is 1. The van der Waals surface area contributed by atoms with Gasteiger partial charge in [0.1, 0.15) is 5.38 Å². The molecule has 0 bridgehead atoms. The zero-order valence-electron chi connectivity index (χ0n) is 10.1. The molecule has 1 amide bonds. The summed E-state index contributed by atoms with van der Waals surface area (Å²) in [6.45, 7) is 4.38. The van der Waals surface area contributed by atoms with Crippen LogP contribution in [-0.4, -0.2) is 49.5 Å². The zero-order valence-corrected chi connectivity index (χ0v) is 11.7. The highest BCUT2D eigenvalue weighted by atomic mass is 35.5. The van der Waals surface area contributed by atoms with Gasteiger partial charge in [-0.3, -0.25) is 4.79 Å². The molecule has 1 saturated heterocycles. The van der Waals surface area contributed by atoms with Crippen LogP contribution in [0.1, 0.15) is 26.7 Å². The van der Waals surface area contributed by atoms with E-state index in [2.05, 4.69) is 4.72 Å². The summed E-state index contributed by atoms with van der Waals surface area (Å²) in [4.78, 5) is 13.3. The van der Waals surface area contributed by atoms with E-state index < -0.39 is 15.4 Å². The van der Waals surface area contributed by atoms with Gasteiger partial charge in [0.2, 0.25) is 15.9 Å². The second kappa shape index (κ2) is 6.02. The molecule has 100 valence electrons. The number of amides is 1. The molecule has 0 saturated carbocycles. The van der Waals surface area contributed by atoms with E-state index in [1.807, 2.05) is 0 Å². The van der Waals surface area contributed by atoms with Crippen LogP contribution >= 0.6 is 11.6 Å². The molecule has 0 aromatic heterocycles. The second-order valence-corrected chi connectivity index (χ2v) is 6.93. The van der Waals surface area contributed by atoms with E-state index in [-0.39, 0.29) is 17.7 Å². The van der Waals surface area contributed by atoms with Crippen molar-refractivity contribution in [1.82, 2.24) is 9.62 Å². The monoisotopic (exact) mass is 282 g/mol. The average Bonchev–Trinajstić information content (AvgIpc) is 2.28. The maximum atomic E-state index is 11.6. The van der Waals surface area contributed by atoms with Crippen LogP contribution in [0, 0.1) is 0 Å². The fraction of sp³-hybridized carbons (Fsp3) is 0.900. The molecule has 0 aromatic rings. The molecule has 1 aliphatic heterocycles. The Hall–Kier alpha value is -0.330. The first-order valence-electron chi connectivity index (χ1n) is 5.78. The van der Waals surface area contributed by atoms with Crippen molar-refractivity contribution in [2.24, 2.45) is 0 Å². The van der Waals surface area contributed by atoms with Gasteiger partial charge in [-0.15, -0.1) is 11.6 Å². The van der Waals surface area contributed by atoms with E-state index in [1.165, 1.54) is 0 Å². The van der Waals surface area contributed by atoms with Crippen LogP contribution in [-0.2, 0) is 14.8 Å². The third kappa shape index (κ3) is 4.44.